The Morgan fingerprint density at radius 3 is 2.55 bits per heavy atom. The van der Waals surface area contributed by atoms with Gasteiger partial charge in [0.1, 0.15) is 6.04 Å². The van der Waals surface area contributed by atoms with Gasteiger partial charge >= 0.3 is 5.97 Å². The number of benzene rings is 1. The molecule has 6 nitrogen and oxygen atoms in total. The summed E-state index contributed by atoms with van der Waals surface area (Å²) >= 11 is 1.61. The van der Waals surface area contributed by atoms with Gasteiger partial charge in [-0.15, -0.1) is 11.8 Å². The number of carbonyl (C=O) groups excluding carboxylic acids is 2. The summed E-state index contributed by atoms with van der Waals surface area (Å²) in [5.74, 6) is -2.14. The lowest BCUT2D eigenvalue weighted by Gasteiger charge is -2.17. The van der Waals surface area contributed by atoms with E-state index in [0.717, 1.165) is 10.6 Å². The summed E-state index contributed by atoms with van der Waals surface area (Å²) in [4.78, 5) is 37.5. The topological polar surface area (TPSA) is 86.7 Å². The molecular weight excluding hydrogens is 304 g/mol. The van der Waals surface area contributed by atoms with E-state index in [9.17, 15) is 14.4 Å². The Kier molecular flexibility index (Phi) is 5.07. The summed E-state index contributed by atoms with van der Waals surface area (Å²) in [5.41, 5.74) is 0.754. The molecule has 0 bridgehead atoms. The quantitative estimate of drug-likeness (QED) is 0.799. The first kappa shape index (κ1) is 16.4. The second-order valence-electron chi connectivity index (χ2n) is 5.17. The summed E-state index contributed by atoms with van der Waals surface area (Å²) in [5, 5.41) is 11.2. The van der Waals surface area contributed by atoms with Crippen LogP contribution in [0, 0.1) is 5.92 Å². The van der Waals surface area contributed by atoms with Crippen LogP contribution in [-0.4, -0.2) is 41.7 Å². The average molecular weight is 322 g/mol. The molecule has 0 spiro atoms. The van der Waals surface area contributed by atoms with Gasteiger partial charge in [0, 0.05) is 23.5 Å². The number of rotatable bonds is 5. The van der Waals surface area contributed by atoms with E-state index in [0.29, 0.717) is 0 Å². The maximum absolute atomic E-state index is 12.1. The van der Waals surface area contributed by atoms with Crippen LogP contribution in [0.3, 0.4) is 0 Å². The number of thioether (sulfide) groups is 1. The number of nitrogens with one attached hydrogen (secondary N) is 1. The van der Waals surface area contributed by atoms with Crippen LogP contribution in [0.2, 0.25) is 0 Å². The molecule has 0 saturated carbocycles. The van der Waals surface area contributed by atoms with Crippen molar-refractivity contribution in [2.24, 2.45) is 5.92 Å². The highest BCUT2D eigenvalue weighted by Gasteiger charge is 2.35. The first-order valence-corrected chi connectivity index (χ1v) is 8.12. The van der Waals surface area contributed by atoms with E-state index < -0.39 is 23.8 Å². The fraction of sp³-hybridized carbons (Fsp3) is 0.400. The smallest absolute Gasteiger partial charge is 0.325 e. The van der Waals surface area contributed by atoms with Crippen LogP contribution in [0.1, 0.15) is 13.3 Å². The van der Waals surface area contributed by atoms with E-state index in [-0.39, 0.29) is 18.9 Å². The fourth-order valence-electron chi connectivity index (χ4n) is 2.29. The summed E-state index contributed by atoms with van der Waals surface area (Å²) in [7, 11) is 0. The van der Waals surface area contributed by atoms with Gasteiger partial charge in [-0.1, -0.05) is 0 Å². The van der Waals surface area contributed by atoms with Gasteiger partial charge in [-0.3, -0.25) is 14.4 Å². The van der Waals surface area contributed by atoms with Crippen LogP contribution in [-0.2, 0) is 14.4 Å². The van der Waals surface area contributed by atoms with Gasteiger partial charge in [-0.25, -0.2) is 0 Å². The van der Waals surface area contributed by atoms with Gasteiger partial charge in [-0.2, -0.15) is 0 Å². The van der Waals surface area contributed by atoms with Gasteiger partial charge in [0.15, 0.2) is 0 Å². The molecule has 1 aliphatic rings. The van der Waals surface area contributed by atoms with E-state index in [1.165, 1.54) is 6.92 Å². The summed E-state index contributed by atoms with van der Waals surface area (Å²) < 4.78 is 0. The van der Waals surface area contributed by atoms with Crippen LogP contribution in [0.15, 0.2) is 29.2 Å². The number of nitrogens with zero attached hydrogens (tertiary/aromatic N) is 1. The van der Waals surface area contributed by atoms with Crippen molar-refractivity contribution in [1.29, 1.82) is 0 Å². The van der Waals surface area contributed by atoms with Crippen molar-refractivity contribution in [3.05, 3.63) is 24.3 Å². The van der Waals surface area contributed by atoms with Crippen LogP contribution < -0.4 is 10.2 Å². The summed E-state index contributed by atoms with van der Waals surface area (Å²) in [6.07, 6.45) is 2.07. The predicted octanol–water partition coefficient (Wildman–Crippen LogP) is 1.35. The molecule has 118 valence electrons. The molecule has 1 aromatic carbocycles. The molecule has 1 heterocycles. The van der Waals surface area contributed by atoms with Crippen LogP contribution in [0.4, 0.5) is 5.69 Å². The Balaban J connectivity index is 2.03. The second-order valence-corrected chi connectivity index (χ2v) is 6.05. The standard InChI is InChI=1S/C15H18N2O4S/c1-9(15(20)21)16-14(19)10-7-13(18)17(8-10)11-3-5-12(22-2)6-4-11/h3-6,9-10H,7-8H2,1-2H3,(H,16,19)(H,20,21)/t9-,10?/m1/s1. The van der Waals surface area contributed by atoms with Gasteiger partial charge in [0.05, 0.1) is 5.92 Å². The number of hydrogen-bond donors (Lipinski definition) is 2. The molecule has 22 heavy (non-hydrogen) atoms. The molecule has 2 amide bonds. The lowest BCUT2D eigenvalue weighted by atomic mass is 10.1. The van der Waals surface area contributed by atoms with E-state index in [1.54, 1.807) is 16.7 Å². The number of anilines is 1. The van der Waals surface area contributed by atoms with Gasteiger partial charge < -0.3 is 15.3 Å². The zero-order valence-electron chi connectivity index (χ0n) is 12.4. The molecule has 1 fully saturated rings. The Labute approximate surface area is 132 Å². The third-order valence-electron chi connectivity index (χ3n) is 3.61. The van der Waals surface area contributed by atoms with Crippen molar-refractivity contribution in [3.63, 3.8) is 0 Å². The van der Waals surface area contributed by atoms with Gasteiger partial charge in [0.2, 0.25) is 11.8 Å². The molecule has 1 aliphatic heterocycles. The molecule has 1 aromatic rings. The molecule has 0 aliphatic carbocycles. The predicted molar refractivity (Wildman–Crippen MR) is 83.9 cm³/mol. The molecule has 2 N–H and O–H groups in total. The largest absolute Gasteiger partial charge is 0.480 e. The highest BCUT2D eigenvalue weighted by molar-refractivity contribution is 7.98. The second kappa shape index (κ2) is 6.83. The number of hydrogen-bond acceptors (Lipinski definition) is 4. The zero-order valence-corrected chi connectivity index (χ0v) is 13.2. The number of carbonyl (C=O) groups is 3. The fourth-order valence-corrected chi connectivity index (χ4v) is 2.70. The molecule has 1 unspecified atom stereocenters. The van der Waals surface area contributed by atoms with Crippen molar-refractivity contribution < 1.29 is 19.5 Å². The Hall–Kier alpha value is -2.02. The van der Waals surface area contributed by atoms with Crippen LogP contribution >= 0.6 is 11.8 Å². The first-order valence-electron chi connectivity index (χ1n) is 6.90. The minimum atomic E-state index is -1.10. The first-order chi connectivity index (χ1) is 10.4. The molecular formula is C15H18N2O4S. The number of carboxylic acid groups (broad SMARTS) is 1. The van der Waals surface area contributed by atoms with E-state index >= 15 is 0 Å². The highest BCUT2D eigenvalue weighted by Crippen LogP contribution is 2.27. The van der Waals surface area contributed by atoms with Crippen molar-refractivity contribution in [2.45, 2.75) is 24.3 Å². The maximum atomic E-state index is 12.1. The normalized spacial score (nSPS) is 19.1. The molecule has 2 rings (SSSR count). The SMILES string of the molecule is CSc1ccc(N2CC(C(=O)N[C@H](C)C(=O)O)CC2=O)cc1. The Morgan fingerprint density at radius 2 is 2.00 bits per heavy atom. The van der Waals surface area contributed by atoms with E-state index in [1.807, 2.05) is 30.5 Å². The zero-order chi connectivity index (χ0) is 16.3. The molecule has 7 heteroatoms. The third kappa shape index (κ3) is 3.59. The molecule has 0 radical (unpaired) electrons. The van der Waals surface area contributed by atoms with Crippen LogP contribution in [0.5, 0.6) is 0 Å². The molecule has 2 atom stereocenters. The number of aliphatic carboxylic acids is 1. The van der Waals surface area contributed by atoms with Crippen LogP contribution in [0.25, 0.3) is 0 Å². The summed E-state index contributed by atoms with van der Waals surface area (Å²) in [6, 6.07) is 6.59. The Bertz CT molecular complexity index is 588. The van der Waals surface area contributed by atoms with Crippen molar-refractivity contribution in [3.8, 4) is 0 Å². The maximum Gasteiger partial charge on any atom is 0.325 e. The van der Waals surface area contributed by atoms with Crippen molar-refractivity contribution in [2.75, 3.05) is 17.7 Å². The highest BCUT2D eigenvalue weighted by atomic mass is 32.2. The van der Waals surface area contributed by atoms with Gasteiger partial charge in [-0.05, 0) is 37.4 Å². The molecule has 1 saturated heterocycles. The minimum absolute atomic E-state index is 0.0997. The lowest BCUT2D eigenvalue weighted by Crippen LogP contribution is -2.42. The Morgan fingerprint density at radius 1 is 1.36 bits per heavy atom. The lowest BCUT2D eigenvalue weighted by molar-refractivity contribution is -0.141. The van der Waals surface area contributed by atoms with Crippen molar-refractivity contribution in [1.82, 2.24) is 5.32 Å². The number of amides is 2. The average Bonchev–Trinajstić information content (AvgIpc) is 2.89. The number of carboxylic acids is 1. The third-order valence-corrected chi connectivity index (χ3v) is 4.35. The monoisotopic (exact) mass is 322 g/mol. The minimum Gasteiger partial charge on any atom is -0.480 e. The van der Waals surface area contributed by atoms with Gasteiger partial charge in [0.25, 0.3) is 0 Å². The van der Waals surface area contributed by atoms with Crippen molar-refractivity contribution >= 4 is 35.2 Å². The van der Waals surface area contributed by atoms with E-state index in [4.69, 9.17) is 5.11 Å². The summed E-state index contributed by atoms with van der Waals surface area (Å²) in [6.45, 7) is 1.67. The van der Waals surface area contributed by atoms with E-state index in [2.05, 4.69) is 5.32 Å². The molecule has 0 aromatic heterocycles.